The van der Waals surface area contributed by atoms with Crippen molar-refractivity contribution in [1.29, 1.82) is 0 Å². The summed E-state index contributed by atoms with van der Waals surface area (Å²) in [7, 11) is 0. The third kappa shape index (κ3) is 8.79. The molecule has 1 atom stereocenters. The topological polar surface area (TPSA) is 48.9 Å². The average Bonchev–Trinajstić information content (AvgIpc) is 2.83. The van der Waals surface area contributed by atoms with Gasteiger partial charge >= 0.3 is 169 Å². The molecule has 1 fully saturated rings. The number of ether oxygens (including phenoxy) is 1. The average molecular weight is 904 g/mol. The van der Waals surface area contributed by atoms with Crippen LogP contribution in [-0.2, 0) is 3.72 Å². The van der Waals surface area contributed by atoms with Crippen molar-refractivity contribution < 1.29 is 9.13 Å². The summed E-state index contributed by atoms with van der Waals surface area (Å²) < 4.78 is 20.4. The second-order valence-corrected chi connectivity index (χ2v) is 26.6. The molecular formula is C27H30FI2N4OTl. The van der Waals surface area contributed by atoms with Crippen LogP contribution in [0.5, 0.6) is 0 Å². The van der Waals surface area contributed by atoms with Crippen molar-refractivity contribution >= 4 is 88.5 Å². The molecule has 188 valence electrons. The van der Waals surface area contributed by atoms with Gasteiger partial charge in [0.05, 0.1) is 24.1 Å². The van der Waals surface area contributed by atoms with Crippen molar-refractivity contribution in [2.45, 2.75) is 25.9 Å². The van der Waals surface area contributed by atoms with Crippen molar-refractivity contribution in [2.75, 3.05) is 25.0 Å². The molecule has 1 aliphatic rings. The van der Waals surface area contributed by atoms with E-state index in [1.165, 1.54) is 11.6 Å². The second kappa shape index (κ2) is 13.7. The summed E-state index contributed by atoms with van der Waals surface area (Å²) in [4.78, 5) is 1.98. The first kappa shape index (κ1) is 29.6. The number of anilines is 2. The number of benzene rings is 2. The van der Waals surface area contributed by atoms with Crippen LogP contribution in [0.15, 0.2) is 83.5 Å². The van der Waals surface area contributed by atoms with Crippen LogP contribution in [0.4, 0.5) is 15.8 Å². The summed E-state index contributed by atoms with van der Waals surface area (Å²) >= 11 is 5.87. The zero-order valence-electron chi connectivity index (χ0n) is 20.7. The Hall–Kier alpha value is -0.998. The van der Waals surface area contributed by atoms with Gasteiger partial charge in [0.2, 0.25) is 0 Å². The molecule has 2 aromatic carbocycles. The molecular weight excluding hydrogens is 874 g/mol. The van der Waals surface area contributed by atoms with Gasteiger partial charge in [0.25, 0.3) is 0 Å². The maximum atomic E-state index is 14.6. The van der Waals surface area contributed by atoms with Crippen LogP contribution >= 0.6 is 45.2 Å². The molecule has 3 rings (SSSR count). The van der Waals surface area contributed by atoms with Gasteiger partial charge in [-0.25, -0.2) is 4.39 Å². The predicted octanol–water partition coefficient (Wildman–Crippen LogP) is 6.80. The van der Waals surface area contributed by atoms with Crippen LogP contribution in [0, 0.1) is 6.92 Å². The molecule has 1 heterocycles. The fraction of sp³-hybridized carbons (Fsp3) is 0.296. The minimum absolute atomic E-state index is 0.0511. The SMILES string of the molecule is C=C(/C=C(\C(F)=C/C)N1CCOC(C)C1)N/N=C/c1ccc(Nc2cccc([C](I)(I)[Tl])c2)cc1C. The standard InChI is InChI=1S/C27H30FI2N4O.Tl/c1-5-25(28)26(34-11-12-35-20(4)17-34)14-19(3)33-31-16-22-9-10-24(13-18(22)2)32-23-8-6-7-21(15-23)27(29)30;/h5-10,13-16,20,32-33H,3,11-12,17H2,1-2,4H3;/b25-5+,26-14+,31-16+;. The van der Waals surface area contributed by atoms with Gasteiger partial charge in [-0.15, -0.1) is 0 Å². The summed E-state index contributed by atoms with van der Waals surface area (Å²) in [5, 5.41) is 7.84. The molecule has 2 aromatic rings. The number of hydrogen-bond acceptors (Lipinski definition) is 5. The molecule has 0 aliphatic carbocycles. The molecule has 0 radical (unpaired) electrons. The summed E-state index contributed by atoms with van der Waals surface area (Å²) in [6.45, 7) is 11.6. The Bertz CT molecular complexity index is 1180. The normalized spacial score (nSPS) is 17.4. The molecule has 1 aliphatic heterocycles. The van der Waals surface area contributed by atoms with E-state index in [4.69, 9.17) is 4.74 Å². The van der Waals surface area contributed by atoms with Crippen LogP contribution in [0.2, 0.25) is 0 Å². The minimum atomic E-state index is -0.287. The number of aryl methyl sites for hydroxylation is 1. The van der Waals surface area contributed by atoms with E-state index in [9.17, 15) is 4.39 Å². The number of hydrazone groups is 1. The number of morpholine rings is 1. The zero-order chi connectivity index (χ0) is 26.3. The number of nitrogens with one attached hydrogen (secondary N) is 2. The zero-order valence-corrected chi connectivity index (χ0v) is 29.5. The third-order valence-electron chi connectivity index (χ3n) is 5.61. The molecule has 9 heteroatoms. The first-order valence-electron chi connectivity index (χ1n) is 11.6. The van der Waals surface area contributed by atoms with E-state index in [1.807, 2.05) is 24.0 Å². The van der Waals surface area contributed by atoms with Gasteiger partial charge < -0.3 is 9.64 Å². The van der Waals surface area contributed by atoms with Crippen molar-refractivity contribution in [3.8, 4) is 0 Å². The molecule has 1 unspecified atom stereocenters. The Labute approximate surface area is 256 Å². The second-order valence-electron chi connectivity index (χ2n) is 8.59. The van der Waals surface area contributed by atoms with Crippen molar-refractivity contribution in [3.05, 3.63) is 95.1 Å². The van der Waals surface area contributed by atoms with Gasteiger partial charge in [-0.1, -0.05) is 6.58 Å². The number of allylic oxidation sites excluding steroid dienone is 3. The Morgan fingerprint density at radius 2 is 2.03 bits per heavy atom. The van der Waals surface area contributed by atoms with E-state index >= 15 is 0 Å². The van der Waals surface area contributed by atoms with Crippen molar-refractivity contribution in [2.24, 2.45) is 5.10 Å². The van der Waals surface area contributed by atoms with Crippen LogP contribution < -0.4 is 10.7 Å². The fourth-order valence-corrected chi connectivity index (χ4v) is 5.12. The predicted molar refractivity (Wildman–Crippen MR) is 166 cm³/mol. The maximum absolute atomic E-state index is 14.6. The Kier molecular flexibility index (Phi) is 11.2. The molecule has 0 spiro atoms. The van der Waals surface area contributed by atoms with Crippen LogP contribution in [0.3, 0.4) is 0 Å². The van der Waals surface area contributed by atoms with Crippen LogP contribution in [-0.4, -0.2) is 62.7 Å². The van der Waals surface area contributed by atoms with E-state index in [1.54, 1.807) is 19.2 Å². The number of hydrogen-bond donors (Lipinski definition) is 2. The van der Waals surface area contributed by atoms with Crippen LogP contribution in [0.1, 0.15) is 30.5 Å². The van der Waals surface area contributed by atoms with E-state index in [-0.39, 0.29) is 10.9 Å². The van der Waals surface area contributed by atoms with Gasteiger partial charge in [-0.2, -0.15) is 0 Å². The summed E-state index contributed by atoms with van der Waals surface area (Å²) in [5.74, 6) is -0.287. The quantitative estimate of drug-likeness (QED) is 0.0727. The Morgan fingerprint density at radius 3 is 2.69 bits per heavy atom. The Morgan fingerprint density at radius 1 is 1.28 bits per heavy atom. The van der Waals surface area contributed by atoms with E-state index in [0.717, 1.165) is 48.3 Å². The van der Waals surface area contributed by atoms with E-state index in [0.29, 0.717) is 31.1 Å². The molecule has 0 saturated carbocycles. The number of halogens is 3. The van der Waals surface area contributed by atoms with Gasteiger partial charge in [-0.3, -0.25) is 0 Å². The van der Waals surface area contributed by atoms with Gasteiger partial charge in [-0.05, 0) is 26.0 Å². The van der Waals surface area contributed by atoms with E-state index in [2.05, 4.69) is 105 Å². The van der Waals surface area contributed by atoms with E-state index < -0.39 is 0 Å². The molecule has 0 bridgehead atoms. The number of rotatable bonds is 9. The first-order valence-corrected chi connectivity index (χ1v) is 16.0. The van der Waals surface area contributed by atoms with Gasteiger partial charge in [0.1, 0.15) is 5.83 Å². The summed E-state index contributed by atoms with van der Waals surface area (Å²) in [6, 6.07) is 14.8. The molecule has 0 aromatic heterocycles. The van der Waals surface area contributed by atoms with Crippen molar-refractivity contribution in [1.82, 2.24) is 10.3 Å². The molecule has 2 N–H and O–H groups in total. The molecule has 1 saturated heterocycles. The number of alkyl halides is 2. The summed E-state index contributed by atoms with van der Waals surface area (Å²) in [6.07, 6.45) is 4.96. The molecule has 36 heavy (non-hydrogen) atoms. The van der Waals surface area contributed by atoms with Crippen LogP contribution in [0.25, 0.3) is 0 Å². The first-order chi connectivity index (χ1) is 17.1. The summed E-state index contributed by atoms with van der Waals surface area (Å²) in [5.41, 5.74) is 9.44. The molecule has 5 nitrogen and oxygen atoms in total. The monoisotopic (exact) mass is 904 g/mol. The Balaban J connectivity index is 1.66. The third-order valence-corrected chi connectivity index (χ3v) is 8.15. The number of nitrogens with zero attached hydrogens (tertiary/aromatic N) is 2. The van der Waals surface area contributed by atoms with Crippen molar-refractivity contribution in [3.63, 3.8) is 0 Å². The fourth-order valence-electron chi connectivity index (χ4n) is 3.75. The van der Waals surface area contributed by atoms with Gasteiger partial charge in [0, 0.05) is 13.1 Å². The van der Waals surface area contributed by atoms with Gasteiger partial charge in [0.15, 0.2) is 0 Å². The molecule has 0 amide bonds.